The Morgan fingerprint density at radius 2 is 2.44 bits per heavy atom. The Kier molecular flexibility index (Phi) is 4.72. The van der Waals surface area contributed by atoms with E-state index in [2.05, 4.69) is 10.3 Å². The summed E-state index contributed by atoms with van der Waals surface area (Å²) in [5, 5.41) is 3.13. The van der Waals surface area contributed by atoms with E-state index in [1.807, 2.05) is 6.92 Å². The van der Waals surface area contributed by atoms with Crippen LogP contribution in [0.2, 0.25) is 0 Å². The number of methoxy groups -OCH3 is 1. The normalized spacial score (nSPS) is 12.1. The summed E-state index contributed by atoms with van der Waals surface area (Å²) in [7, 11) is 1.66. The first-order valence-electron chi connectivity index (χ1n) is 5.15. The lowest BCUT2D eigenvalue weighted by atomic mass is 10.2. The fourth-order valence-electron chi connectivity index (χ4n) is 1.32. The van der Waals surface area contributed by atoms with Crippen molar-refractivity contribution in [1.82, 2.24) is 4.98 Å². The van der Waals surface area contributed by atoms with Crippen LogP contribution in [0.4, 0.5) is 5.82 Å². The van der Waals surface area contributed by atoms with E-state index in [1.165, 1.54) is 0 Å². The molecular weight excluding hydrogens is 206 g/mol. The first kappa shape index (κ1) is 12.4. The fourth-order valence-corrected chi connectivity index (χ4v) is 1.32. The van der Waals surface area contributed by atoms with Crippen LogP contribution in [-0.2, 0) is 4.74 Å². The highest BCUT2D eigenvalue weighted by Crippen LogP contribution is 2.12. The number of hydrogen-bond acceptors (Lipinski definition) is 4. The third-order valence-electron chi connectivity index (χ3n) is 2.21. The van der Waals surface area contributed by atoms with Crippen LogP contribution in [0, 0.1) is 0 Å². The average molecular weight is 223 g/mol. The maximum Gasteiger partial charge on any atom is 0.252 e. The van der Waals surface area contributed by atoms with Gasteiger partial charge in [-0.05, 0) is 25.5 Å². The zero-order chi connectivity index (χ0) is 12.0. The Bertz CT molecular complexity index is 355. The molecule has 0 fully saturated rings. The molecule has 0 spiro atoms. The van der Waals surface area contributed by atoms with E-state index < -0.39 is 5.91 Å². The first-order chi connectivity index (χ1) is 7.65. The number of pyridine rings is 1. The monoisotopic (exact) mass is 223 g/mol. The molecule has 1 unspecified atom stereocenters. The molecular formula is C11H17N3O2. The number of anilines is 1. The van der Waals surface area contributed by atoms with Gasteiger partial charge in [0.1, 0.15) is 5.82 Å². The molecule has 5 nitrogen and oxygen atoms in total. The van der Waals surface area contributed by atoms with Crippen molar-refractivity contribution in [2.75, 3.05) is 19.0 Å². The van der Waals surface area contributed by atoms with E-state index in [1.54, 1.807) is 25.4 Å². The number of nitrogens with zero attached hydrogens (tertiary/aromatic N) is 1. The van der Waals surface area contributed by atoms with E-state index in [0.717, 1.165) is 6.42 Å². The molecule has 1 aromatic rings. The van der Waals surface area contributed by atoms with Crippen molar-refractivity contribution >= 4 is 11.7 Å². The topological polar surface area (TPSA) is 77.2 Å². The van der Waals surface area contributed by atoms with Gasteiger partial charge in [0.2, 0.25) is 0 Å². The maximum atomic E-state index is 11.1. The predicted octanol–water partition coefficient (Wildman–Crippen LogP) is 1.02. The Morgan fingerprint density at radius 3 is 3.06 bits per heavy atom. The molecule has 0 saturated heterocycles. The van der Waals surface area contributed by atoms with Gasteiger partial charge in [0, 0.05) is 26.0 Å². The molecule has 0 bridgehead atoms. The van der Waals surface area contributed by atoms with E-state index in [0.29, 0.717) is 18.0 Å². The van der Waals surface area contributed by atoms with Gasteiger partial charge in [-0.25, -0.2) is 4.98 Å². The quantitative estimate of drug-likeness (QED) is 0.754. The van der Waals surface area contributed by atoms with Gasteiger partial charge in [-0.3, -0.25) is 4.79 Å². The number of carbonyl (C=O) groups is 1. The van der Waals surface area contributed by atoms with Crippen molar-refractivity contribution in [2.45, 2.75) is 19.4 Å². The minimum absolute atomic E-state index is 0.174. The average Bonchev–Trinajstić information content (AvgIpc) is 2.27. The molecule has 0 aliphatic heterocycles. The first-order valence-corrected chi connectivity index (χ1v) is 5.15. The van der Waals surface area contributed by atoms with Crippen molar-refractivity contribution in [3.05, 3.63) is 23.9 Å². The van der Waals surface area contributed by atoms with Crippen LogP contribution in [-0.4, -0.2) is 30.6 Å². The second-order valence-corrected chi connectivity index (χ2v) is 3.59. The molecule has 0 radical (unpaired) electrons. The molecule has 3 N–H and O–H groups in total. The molecule has 88 valence electrons. The third kappa shape index (κ3) is 3.51. The van der Waals surface area contributed by atoms with Gasteiger partial charge in [0.15, 0.2) is 0 Å². The van der Waals surface area contributed by atoms with Crippen molar-refractivity contribution in [3.8, 4) is 0 Å². The van der Waals surface area contributed by atoms with E-state index in [9.17, 15) is 4.79 Å². The number of nitrogens with two attached hydrogens (primary N) is 1. The van der Waals surface area contributed by atoms with Crippen molar-refractivity contribution < 1.29 is 9.53 Å². The number of nitrogens with one attached hydrogen (secondary N) is 1. The van der Waals surface area contributed by atoms with E-state index in [4.69, 9.17) is 10.5 Å². The van der Waals surface area contributed by atoms with Gasteiger partial charge in [-0.15, -0.1) is 0 Å². The molecule has 0 aliphatic carbocycles. The number of carbonyl (C=O) groups excluding carboxylic acids is 1. The summed E-state index contributed by atoms with van der Waals surface area (Å²) in [6.07, 6.45) is 2.46. The Balaban J connectivity index is 2.69. The van der Waals surface area contributed by atoms with Crippen molar-refractivity contribution in [2.24, 2.45) is 5.73 Å². The highest BCUT2D eigenvalue weighted by atomic mass is 16.5. The lowest BCUT2D eigenvalue weighted by Crippen LogP contribution is -2.22. The molecule has 1 amide bonds. The van der Waals surface area contributed by atoms with Crippen LogP contribution in [0.5, 0.6) is 0 Å². The summed E-state index contributed by atoms with van der Waals surface area (Å²) in [4.78, 5) is 15.2. The number of amides is 1. The Morgan fingerprint density at radius 1 is 1.69 bits per heavy atom. The zero-order valence-corrected chi connectivity index (χ0v) is 9.56. The fraction of sp³-hybridized carbons (Fsp3) is 0.455. The van der Waals surface area contributed by atoms with Gasteiger partial charge < -0.3 is 15.8 Å². The second kappa shape index (κ2) is 6.07. The number of rotatable bonds is 6. The SMILES string of the molecule is COCCC(C)Nc1ncccc1C(N)=O. The smallest absolute Gasteiger partial charge is 0.252 e. The van der Waals surface area contributed by atoms with Crippen LogP contribution in [0.25, 0.3) is 0 Å². The summed E-state index contributed by atoms with van der Waals surface area (Å²) in [6.45, 7) is 2.66. The standard InChI is InChI=1S/C11H17N3O2/c1-8(5-7-16-2)14-11-9(10(12)15)4-3-6-13-11/h3-4,6,8H,5,7H2,1-2H3,(H2,12,15)(H,13,14). The van der Waals surface area contributed by atoms with E-state index in [-0.39, 0.29) is 6.04 Å². The summed E-state index contributed by atoms with van der Waals surface area (Å²) in [5.74, 6) is 0.0492. The van der Waals surface area contributed by atoms with Crippen LogP contribution in [0.15, 0.2) is 18.3 Å². The lowest BCUT2D eigenvalue weighted by molar-refractivity contribution is 0.100. The molecule has 5 heteroatoms. The van der Waals surface area contributed by atoms with Crippen LogP contribution < -0.4 is 11.1 Å². The number of primary amides is 1. The van der Waals surface area contributed by atoms with Crippen LogP contribution >= 0.6 is 0 Å². The molecule has 1 atom stereocenters. The zero-order valence-electron chi connectivity index (χ0n) is 9.56. The highest BCUT2D eigenvalue weighted by Gasteiger charge is 2.10. The predicted molar refractivity (Wildman–Crippen MR) is 62.3 cm³/mol. The minimum atomic E-state index is -0.477. The number of hydrogen-bond donors (Lipinski definition) is 2. The van der Waals surface area contributed by atoms with Gasteiger partial charge in [-0.1, -0.05) is 0 Å². The number of aromatic nitrogens is 1. The van der Waals surface area contributed by atoms with E-state index >= 15 is 0 Å². The number of ether oxygens (including phenoxy) is 1. The lowest BCUT2D eigenvalue weighted by Gasteiger charge is -2.15. The molecule has 1 aromatic heterocycles. The molecule has 16 heavy (non-hydrogen) atoms. The van der Waals surface area contributed by atoms with Crippen molar-refractivity contribution in [1.29, 1.82) is 0 Å². The summed E-state index contributed by atoms with van der Waals surface area (Å²) in [5.41, 5.74) is 5.66. The summed E-state index contributed by atoms with van der Waals surface area (Å²) < 4.78 is 4.98. The molecule has 0 aromatic carbocycles. The van der Waals surface area contributed by atoms with Gasteiger partial charge in [0.05, 0.1) is 5.56 Å². The van der Waals surface area contributed by atoms with Gasteiger partial charge >= 0.3 is 0 Å². The Labute approximate surface area is 95.0 Å². The minimum Gasteiger partial charge on any atom is -0.385 e. The Hall–Kier alpha value is -1.62. The molecule has 1 rings (SSSR count). The highest BCUT2D eigenvalue weighted by molar-refractivity contribution is 5.97. The van der Waals surface area contributed by atoms with Crippen molar-refractivity contribution in [3.63, 3.8) is 0 Å². The second-order valence-electron chi connectivity index (χ2n) is 3.59. The largest absolute Gasteiger partial charge is 0.385 e. The summed E-state index contributed by atoms with van der Waals surface area (Å²) in [6, 6.07) is 3.51. The van der Waals surface area contributed by atoms with Gasteiger partial charge in [-0.2, -0.15) is 0 Å². The van der Waals surface area contributed by atoms with Crippen LogP contribution in [0.1, 0.15) is 23.7 Å². The third-order valence-corrected chi connectivity index (χ3v) is 2.21. The van der Waals surface area contributed by atoms with Crippen LogP contribution in [0.3, 0.4) is 0 Å². The molecule has 0 aliphatic rings. The summed E-state index contributed by atoms with van der Waals surface area (Å²) >= 11 is 0. The van der Waals surface area contributed by atoms with Gasteiger partial charge in [0.25, 0.3) is 5.91 Å². The maximum absolute atomic E-state index is 11.1. The molecule has 0 saturated carbocycles. The molecule has 1 heterocycles.